The zero-order valence-corrected chi connectivity index (χ0v) is 10.1. The van der Waals surface area contributed by atoms with Crippen molar-refractivity contribution in [3.63, 3.8) is 0 Å². The third kappa shape index (κ3) is 3.61. The molecule has 4 heteroatoms. The molecular weight excluding hydrogens is 202 g/mol. The SMILES string of the molecule is CCCCCCN=c1cc(C)n(O)c(N)c1. The minimum Gasteiger partial charge on any atom is -0.427 e. The predicted molar refractivity (Wildman–Crippen MR) is 65.3 cm³/mol. The third-order valence-electron chi connectivity index (χ3n) is 2.54. The van der Waals surface area contributed by atoms with E-state index in [1.165, 1.54) is 19.3 Å². The summed E-state index contributed by atoms with van der Waals surface area (Å²) in [7, 11) is 0. The van der Waals surface area contributed by atoms with E-state index >= 15 is 0 Å². The Morgan fingerprint density at radius 3 is 2.69 bits per heavy atom. The van der Waals surface area contributed by atoms with Gasteiger partial charge in [0.25, 0.3) is 0 Å². The molecule has 1 aromatic heterocycles. The van der Waals surface area contributed by atoms with E-state index in [0.29, 0.717) is 11.5 Å². The van der Waals surface area contributed by atoms with Gasteiger partial charge in [-0.05, 0) is 19.4 Å². The van der Waals surface area contributed by atoms with Crippen LogP contribution in [-0.4, -0.2) is 16.5 Å². The molecule has 0 aromatic carbocycles. The molecule has 0 aliphatic heterocycles. The number of hydrogen-bond acceptors (Lipinski definition) is 3. The molecule has 1 rings (SSSR count). The van der Waals surface area contributed by atoms with Gasteiger partial charge in [0.1, 0.15) is 5.82 Å². The van der Waals surface area contributed by atoms with Crippen molar-refractivity contribution < 1.29 is 5.21 Å². The molecule has 0 aliphatic carbocycles. The van der Waals surface area contributed by atoms with Gasteiger partial charge in [-0.3, -0.25) is 4.99 Å². The molecule has 0 fully saturated rings. The van der Waals surface area contributed by atoms with E-state index in [2.05, 4.69) is 11.9 Å². The van der Waals surface area contributed by atoms with Gasteiger partial charge in [-0.1, -0.05) is 26.2 Å². The van der Waals surface area contributed by atoms with Crippen LogP contribution in [0.1, 0.15) is 38.3 Å². The molecular formula is C12H21N3O. The maximum Gasteiger partial charge on any atom is 0.141 e. The van der Waals surface area contributed by atoms with Gasteiger partial charge >= 0.3 is 0 Å². The first-order chi connectivity index (χ1) is 7.65. The Morgan fingerprint density at radius 2 is 2.06 bits per heavy atom. The normalized spacial score (nSPS) is 12.0. The second-order valence-corrected chi connectivity index (χ2v) is 4.03. The summed E-state index contributed by atoms with van der Waals surface area (Å²) < 4.78 is 0.968. The summed E-state index contributed by atoms with van der Waals surface area (Å²) in [6.45, 7) is 4.82. The van der Waals surface area contributed by atoms with Crippen LogP contribution in [0.4, 0.5) is 5.82 Å². The van der Waals surface area contributed by atoms with Gasteiger partial charge in [-0.25, -0.2) is 0 Å². The standard InChI is InChI=1S/C12H21N3O/c1-3-4-5-6-7-14-11-8-10(2)15(16)12(13)9-11/h8-9,16H,3-7,13H2,1-2H3. The number of anilines is 1. The predicted octanol–water partition coefficient (Wildman–Crippen LogP) is 2.10. The average Bonchev–Trinajstić information content (AvgIpc) is 2.25. The highest BCUT2D eigenvalue weighted by Crippen LogP contribution is 2.01. The topological polar surface area (TPSA) is 63.5 Å². The quantitative estimate of drug-likeness (QED) is 0.593. The minimum atomic E-state index is 0.326. The Morgan fingerprint density at radius 1 is 1.31 bits per heavy atom. The van der Waals surface area contributed by atoms with Gasteiger partial charge < -0.3 is 10.9 Å². The summed E-state index contributed by atoms with van der Waals surface area (Å²) >= 11 is 0. The highest BCUT2D eigenvalue weighted by molar-refractivity contribution is 5.29. The monoisotopic (exact) mass is 223 g/mol. The molecule has 0 saturated heterocycles. The van der Waals surface area contributed by atoms with Gasteiger partial charge in [0.15, 0.2) is 0 Å². The summed E-state index contributed by atoms with van der Waals surface area (Å²) in [6.07, 6.45) is 4.84. The van der Waals surface area contributed by atoms with Crippen molar-refractivity contribution in [1.82, 2.24) is 4.73 Å². The van der Waals surface area contributed by atoms with E-state index in [1.807, 2.05) is 6.07 Å². The van der Waals surface area contributed by atoms with E-state index in [4.69, 9.17) is 5.73 Å². The van der Waals surface area contributed by atoms with Crippen LogP contribution in [0.25, 0.3) is 0 Å². The van der Waals surface area contributed by atoms with Crippen molar-refractivity contribution in [2.75, 3.05) is 12.3 Å². The number of nitrogen functional groups attached to an aromatic ring is 1. The summed E-state index contributed by atoms with van der Waals surface area (Å²) in [6, 6.07) is 3.52. The van der Waals surface area contributed by atoms with Crippen molar-refractivity contribution >= 4 is 5.82 Å². The maximum atomic E-state index is 9.42. The van der Waals surface area contributed by atoms with Crippen molar-refractivity contribution in [2.24, 2.45) is 4.99 Å². The molecule has 4 nitrogen and oxygen atoms in total. The first-order valence-corrected chi connectivity index (χ1v) is 5.84. The fourth-order valence-electron chi connectivity index (χ4n) is 1.57. The summed E-state index contributed by atoms with van der Waals surface area (Å²) in [5, 5.41) is 10.3. The second-order valence-electron chi connectivity index (χ2n) is 4.03. The van der Waals surface area contributed by atoms with Crippen LogP contribution in [0.15, 0.2) is 17.1 Å². The van der Waals surface area contributed by atoms with Gasteiger partial charge in [-0.2, -0.15) is 4.73 Å². The number of aromatic nitrogens is 1. The molecule has 0 bridgehead atoms. The molecule has 3 N–H and O–H groups in total. The average molecular weight is 223 g/mol. The number of nitrogens with two attached hydrogens (primary N) is 1. The summed E-state index contributed by atoms with van der Waals surface area (Å²) in [5.41, 5.74) is 6.33. The zero-order valence-electron chi connectivity index (χ0n) is 10.1. The molecule has 1 aromatic rings. The van der Waals surface area contributed by atoms with E-state index in [9.17, 15) is 5.21 Å². The third-order valence-corrected chi connectivity index (χ3v) is 2.54. The lowest BCUT2D eigenvalue weighted by molar-refractivity contribution is 0.184. The largest absolute Gasteiger partial charge is 0.427 e. The molecule has 1 heterocycles. The molecule has 0 atom stereocenters. The minimum absolute atomic E-state index is 0.326. The first kappa shape index (κ1) is 12.6. The fraction of sp³-hybridized carbons (Fsp3) is 0.583. The number of nitrogens with zero attached hydrogens (tertiary/aromatic N) is 2. The molecule has 90 valence electrons. The van der Waals surface area contributed by atoms with Crippen LogP contribution in [-0.2, 0) is 0 Å². The van der Waals surface area contributed by atoms with Crippen molar-refractivity contribution in [3.8, 4) is 0 Å². The van der Waals surface area contributed by atoms with Crippen molar-refractivity contribution in [1.29, 1.82) is 0 Å². The van der Waals surface area contributed by atoms with E-state index < -0.39 is 0 Å². The fourth-order valence-corrected chi connectivity index (χ4v) is 1.57. The van der Waals surface area contributed by atoms with E-state index in [0.717, 1.165) is 23.1 Å². The van der Waals surface area contributed by atoms with Gasteiger partial charge in [-0.15, -0.1) is 0 Å². The summed E-state index contributed by atoms with van der Waals surface area (Å²) in [5.74, 6) is 0.326. The zero-order chi connectivity index (χ0) is 12.0. The maximum absolute atomic E-state index is 9.42. The molecule has 0 saturated carbocycles. The van der Waals surface area contributed by atoms with Crippen LogP contribution in [0.5, 0.6) is 0 Å². The second kappa shape index (κ2) is 6.20. The molecule has 0 aliphatic rings. The first-order valence-electron chi connectivity index (χ1n) is 5.84. The van der Waals surface area contributed by atoms with E-state index in [1.54, 1.807) is 13.0 Å². The van der Waals surface area contributed by atoms with Crippen molar-refractivity contribution in [2.45, 2.75) is 39.5 Å². The lowest BCUT2D eigenvalue weighted by Gasteiger charge is -2.05. The molecule has 0 amide bonds. The molecule has 0 unspecified atom stereocenters. The van der Waals surface area contributed by atoms with Crippen LogP contribution < -0.4 is 11.1 Å². The molecule has 16 heavy (non-hydrogen) atoms. The number of hydrogen-bond donors (Lipinski definition) is 2. The van der Waals surface area contributed by atoms with Crippen LogP contribution in [0, 0.1) is 6.92 Å². The number of unbranched alkanes of at least 4 members (excludes halogenated alkanes) is 3. The van der Waals surface area contributed by atoms with Crippen LogP contribution in [0.2, 0.25) is 0 Å². The smallest absolute Gasteiger partial charge is 0.141 e. The Labute approximate surface area is 96.4 Å². The highest BCUT2D eigenvalue weighted by atomic mass is 16.5. The highest BCUT2D eigenvalue weighted by Gasteiger charge is 1.97. The Balaban J connectivity index is 2.62. The number of pyridine rings is 1. The Kier molecular flexibility index (Phi) is 4.89. The molecule has 0 radical (unpaired) electrons. The van der Waals surface area contributed by atoms with Crippen LogP contribution >= 0.6 is 0 Å². The van der Waals surface area contributed by atoms with E-state index in [-0.39, 0.29) is 0 Å². The number of rotatable bonds is 5. The Bertz CT molecular complexity index is 369. The number of aryl methyl sites for hydroxylation is 1. The lowest BCUT2D eigenvalue weighted by atomic mass is 10.2. The van der Waals surface area contributed by atoms with Gasteiger partial charge in [0, 0.05) is 12.6 Å². The molecule has 0 spiro atoms. The van der Waals surface area contributed by atoms with Crippen molar-refractivity contribution in [3.05, 3.63) is 23.2 Å². The van der Waals surface area contributed by atoms with Gasteiger partial charge in [0.2, 0.25) is 0 Å². The van der Waals surface area contributed by atoms with Gasteiger partial charge in [0.05, 0.1) is 11.1 Å². The van der Waals surface area contributed by atoms with Crippen LogP contribution in [0.3, 0.4) is 0 Å². The lowest BCUT2D eigenvalue weighted by Crippen LogP contribution is -2.13. The summed E-state index contributed by atoms with van der Waals surface area (Å²) in [4.78, 5) is 4.44. The Hall–Kier alpha value is -1.45.